The van der Waals surface area contributed by atoms with E-state index in [0.29, 0.717) is 16.0 Å². The number of hydrogen-bond donors (Lipinski definition) is 2. The average Bonchev–Trinajstić information content (AvgIpc) is 3.05. The molecule has 0 aromatic heterocycles. The van der Waals surface area contributed by atoms with Crippen LogP contribution in [-0.4, -0.2) is 29.6 Å². The lowest BCUT2D eigenvalue weighted by Gasteiger charge is -2.17. The van der Waals surface area contributed by atoms with Crippen molar-refractivity contribution < 1.29 is 24.2 Å². The van der Waals surface area contributed by atoms with Crippen LogP contribution in [0.4, 0.5) is 0 Å². The first kappa shape index (κ1) is 30.3. The van der Waals surface area contributed by atoms with Gasteiger partial charge in [0.15, 0.2) is 0 Å². The maximum absolute atomic E-state index is 13.3. The number of para-hydroxylation sites is 2. The van der Waals surface area contributed by atoms with Gasteiger partial charge in [0.05, 0.1) is 5.56 Å². The summed E-state index contributed by atoms with van der Waals surface area (Å²) >= 11 is 3.40. The molecule has 1 atom stereocenters. The monoisotopic (exact) mass is 647 g/mol. The van der Waals surface area contributed by atoms with Gasteiger partial charge >= 0.3 is 5.97 Å². The second-order valence-corrected chi connectivity index (χ2v) is 10.9. The van der Waals surface area contributed by atoms with Crippen LogP contribution in [0, 0.1) is 0 Å². The lowest BCUT2D eigenvalue weighted by Crippen LogP contribution is -2.42. The summed E-state index contributed by atoms with van der Waals surface area (Å²) in [5, 5.41) is 12.6. The summed E-state index contributed by atoms with van der Waals surface area (Å²) in [6, 6.07) is 38.6. The minimum Gasteiger partial charge on any atom is -0.489 e. The van der Waals surface area contributed by atoms with Crippen molar-refractivity contribution in [3.8, 4) is 28.4 Å². The molecule has 5 aromatic rings. The van der Waals surface area contributed by atoms with Crippen molar-refractivity contribution >= 4 is 33.9 Å². The summed E-state index contributed by atoms with van der Waals surface area (Å²) in [6.45, 7) is 0.241. The first-order chi connectivity index (χ1) is 21.5. The predicted octanol–water partition coefficient (Wildman–Crippen LogP) is 8.43. The Morgan fingerprint density at radius 2 is 1.48 bits per heavy atom. The summed E-state index contributed by atoms with van der Waals surface area (Å²) in [6.07, 6.45) is 3.89. The van der Waals surface area contributed by atoms with Gasteiger partial charge in [-0.3, -0.25) is 4.79 Å². The summed E-state index contributed by atoms with van der Waals surface area (Å²) in [5.41, 5.74) is 3.87. The Kier molecular flexibility index (Phi) is 10.2. The standard InChI is InChI=1S/C37H30BrNO5/c38-29-21-22-34(43-23-9-12-26-10-3-1-4-11-26)32(25-29)36(40)39-33(37(41)42)24-27-17-19-28(20-18-27)31-15-7-8-16-35(31)44-30-13-5-2-6-14-30/h1-22,25,33H,23-24H2,(H,39,40)(H,41,42)/t33-/m0/s1. The third kappa shape index (κ3) is 8.24. The van der Waals surface area contributed by atoms with Crippen LogP contribution in [0.1, 0.15) is 21.5 Å². The van der Waals surface area contributed by atoms with E-state index in [1.807, 2.05) is 121 Å². The van der Waals surface area contributed by atoms with E-state index in [9.17, 15) is 14.7 Å². The molecule has 0 heterocycles. The van der Waals surface area contributed by atoms with Crippen LogP contribution in [0.3, 0.4) is 0 Å². The van der Waals surface area contributed by atoms with E-state index >= 15 is 0 Å². The summed E-state index contributed by atoms with van der Waals surface area (Å²) in [7, 11) is 0. The number of nitrogens with one attached hydrogen (secondary N) is 1. The quantitative estimate of drug-likeness (QED) is 0.142. The van der Waals surface area contributed by atoms with Gasteiger partial charge in [0.25, 0.3) is 5.91 Å². The number of carboxylic acid groups (broad SMARTS) is 1. The number of ether oxygens (including phenoxy) is 2. The molecule has 7 heteroatoms. The highest BCUT2D eigenvalue weighted by Crippen LogP contribution is 2.33. The molecule has 0 aliphatic heterocycles. The molecule has 220 valence electrons. The highest BCUT2D eigenvalue weighted by molar-refractivity contribution is 9.10. The van der Waals surface area contributed by atoms with Crippen molar-refractivity contribution in [1.82, 2.24) is 5.32 Å². The van der Waals surface area contributed by atoms with Crippen molar-refractivity contribution in [3.05, 3.63) is 155 Å². The molecule has 0 fully saturated rings. The van der Waals surface area contributed by atoms with E-state index in [4.69, 9.17) is 9.47 Å². The zero-order chi connectivity index (χ0) is 30.7. The van der Waals surface area contributed by atoms with E-state index in [1.54, 1.807) is 18.2 Å². The van der Waals surface area contributed by atoms with Crippen LogP contribution >= 0.6 is 15.9 Å². The van der Waals surface area contributed by atoms with Gasteiger partial charge in [-0.25, -0.2) is 4.79 Å². The van der Waals surface area contributed by atoms with E-state index in [2.05, 4.69) is 21.2 Å². The minimum atomic E-state index is -1.15. The predicted molar refractivity (Wildman–Crippen MR) is 176 cm³/mol. The summed E-state index contributed by atoms with van der Waals surface area (Å²) < 4.78 is 12.6. The molecule has 6 nitrogen and oxygen atoms in total. The number of rotatable bonds is 12. The zero-order valence-electron chi connectivity index (χ0n) is 23.7. The number of carbonyl (C=O) groups is 2. The van der Waals surface area contributed by atoms with Crippen LogP contribution in [0.5, 0.6) is 17.2 Å². The first-order valence-electron chi connectivity index (χ1n) is 14.0. The molecule has 5 aromatic carbocycles. The Balaban J connectivity index is 1.26. The van der Waals surface area contributed by atoms with E-state index in [-0.39, 0.29) is 18.6 Å². The van der Waals surface area contributed by atoms with Crippen molar-refractivity contribution in [2.24, 2.45) is 0 Å². The van der Waals surface area contributed by atoms with Crippen molar-refractivity contribution in [2.75, 3.05) is 6.61 Å². The van der Waals surface area contributed by atoms with Gasteiger partial charge in [0.1, 0.15) is 29.9 Å². The molecule has 2 N–H and O–H groups in total. The van der Waals surface area contributed by atoms with Crippen molar-refractivity contribution in [2.45, 2.75) is 12.5 Å². The highest BCUT2D eigenvalue weighted by Gasteiger charge is 2.23. The topological polar surface area (TPSA) is 84.9 Å². The van der Waals surface area contributed by atoms with Crippen molar-refractivity contribution in [3.63, 3.8) is 0 Å². The normalized spacial score (nSPS) is 11.6. The molecular weight excluding hydrogens is 618 g/mol. The second kappa shape index (κ2) is 14.8. The van der Waals surface area contributed by atoms with Gasteiger partial charge in [0, 0.05) is 16.5 Å². The Bertz CT molecular complexity index is 1740. The third-order valence-electron chi connectivity index (χ3n) is 6.80. The Hall–Kier alpha value is -5.14. The van der Waals surface area contributed by atoms with E-state index in [1.165, 1.54) is 0 Å². The van der Waals surface area contributed by atoms with Crippen molar-refractivity contribution in [1.29, 1.82) is 0 Å². The minimum absolute atomic E-state index is 0.105. The summed E-state index contributed by atoms with van der Waals surface area (Å²) in [4.78, 5) is 25.5. The lowest BCUT2D eigenvalue weighted by atomic mass is 9.99. The Morgan fingerprint density at radius 1 is 0.795 bits per heavy atom. The van der Waals surface area contributed by atoms with Crippen LogP contribution in [-0.2, 0) is 11.2 Å². The van der Waals surface area contributed by atoms with Crippen LogP contribution < -0.4 is 14.8 Å². The number of hydrogen-bond acceptors (Lipinski definition) is 4. The van der Waals surface area contributed by atoms with Gasteiger partial charge < -0.3 is 19.9 Å². The average molecular weight is 649 g/mol. The van der Waals surface area contributed by atoms with Gasteiger partial charge in [0.2, 0.25) is 0 Å². The fourth-order valence-corrected chi connectivity index (χ4v) is 4.95. The van der Waals surface area contributed by atoms with E-state index < -0.39 is 17.9 Å². The van der Waals surface area contributed by atoms with Crippen LogP contribution in [0.25, 0.3) is 17.2 Å². The molecule has 0 saturated heterocycles. The van der Waals surface area contributed by atoms with Crippen LogP contribution in [0.2, 0.25) is 0 Å². The summed E-state index contributed by atoms with van der Waals surface area (Å²) in [5.74, 6) is 0.133. The molecule has 0 saturated carbocycles. The Labute approximate surface area is 264 Å². The number of halogens is 1. The van der Waals surface area contributed by atoms with Gasteiger partial charge in [-0.2, -0.15) is 0 Å². The lowest BCUT2D eigenvalue weighted by molar-refractivity contribution is -0.139. The number of aliphatic carboxylic acids is 1. The highest BCUT2D eigenvalue weighted by atomic mass is 79.9. The smallest absolute Gasteiger partial charge is 0.326 e. The molecule has 0 aliphatic rings. The molecule has 0 aliphatic carbocycles. The SMILES string of the molecule is O=C(N[C@@H](Cc1ccc(-c2ccccc2Oc2ccccc2)cc1)C(=O)O)c1cc(Br)ccc1OCC=Cc1ccccc1. The number of benzene rings is 5. The molecule has 0 unspecified atom stereocenters. The molecule has 1 amide bonds. The molecule has 0 radical (unpaired) electrons. The van der Waals surface area contributed by atoms with Gasteiger partial charge in [-0.05, 0) is 59.2 Å². The maximum Gasteiger partial charge on any atom is 0.326 e. The zero-order valence-corrected chi connectivity index (χ0v) is 25.3. The van der Waals surface area contributed by atoms with E-state index in [0.717, 1.165) is 28.0 Å². The molecular formula is C37H30BrNO5. The second-order valence-electron chi connectivity index (χ2n) is 9.94. The molecule has 44 heavy (non-hydrogen) atoms. The molecule has 0 bridgehead atoms. The number of carbonyl (C=O) groups excluding carboxylic acids is 1. The van der Waals surface area contributed by atoms with Gasteiger partial charge in [-0.1, -0.05) is 113 Å². The van der Waals surface area contributed by atoms with Crippen LogP contribution in [0.15, 0.2) is 138 Å². The largest absolute Gasteiger partial charge is 0.489 e. The Morgan fingerprint density at radius 3 is 2.20 bits per heavy atom. The number of carboxylic acids is 1. The van der Waals surface area contributed by atoms with Gasteiger partial charge in [-0.15, -0.1) is 0 Å². The molecule has 0 spiro atoms. The first-order valence-corrected chi connectivity index (χ1v) is 14.8. The fraction of sp³-hybridized carbons (Fsp3) is 0.0811. The maximum atomic E-state index is 13.3. The third-order valence-corrected chi connectivity index (χ3v) is 7.29. The fourth-order valence-electron chi connectivity index (χ4n) is 4.59. The molecule has 5 rings (SSSR count). The number of amides is 1.